The topological polar surface area (TPSA) is 89.2 Å². The van der Waals surface area contributed by atoms with Crippen molar-refractivity contribution in [1.82, 2.24) is 4.90 Å². The zero-order valence-corrected chi connectivity index (χ0v) is 17.6. The third-order valence-electron chi connectivity index (χ3n) is 4.62. The van der Waals surface area contributed by atoms with Crippen molar-refractivity contribution in [2.45, 2.75) is 45.9 Å². The fraction of sp³-hybridized carbons (Fsp3) is 0.391. The Morgan fingerprint density at radius 2 is 1.90 bits per heavy atom. The molecule has 1 fully saturated rings. The summed E-state index contributed by atoms with van der Waals surface area (Å²) in [5.41, 5.74) is 0.377. The first-order chi connectivity index (χ1) is 14.3. The van der Waals surface area contributed by atoms with Crippen LogP contribution in [0.3, 0.4) is 0 Å². The normalized spacial score (nSPS) is 18.6. The Hall–Kier alpha value is -3.06. The van der Waals surface area contributed by atoms with Gasteiger partial charge in [-0.1, -0.05) is 12.1 Å². The second-order valence-electron chi connectivity index (χ2n) is 7.62. The third-order valence-corrected chi connectivity index (χ3v) is 4.62. The lowest BCUT2D eigenvalue weighted by molar-refractivity contribution is -0.140. The summed E-state index contributed by atoms with van der Waals surface area (Å²) in [6.45, 7) is 8.04. The van der Waals surface area contributed by atoms with Gasteiger partial charge >= 0.3 is 0 Å². The van der Waals surface area contributed by atoms with Crippen molar-refractivity contribution in [1.29, 1.82) is 0 Å². The van der Waals surface area contributed by atoms with Crippen LogP contribution in [-0.2, 0) is 14.3 Å². The van der Waals surface area contributed by atoms with Crippen LogP contribution in [0.25, 0.3) is 5.76 Å². The number of aliphatic hydroxyl groups is 1. The molecule has 1 aliphatic heterocycles. The molecule has 1 amide bonds. The van der Waals surface area contributed by atoms with Gasteiger partial charge in [0.15, 0.2) is 0 Å². The average molecular weight is 413 g/mol. The molecule has 1 aromatic carbocycles. The SMILES string of the molecule is CC(C)OCCN1C(=O)C(=O)/C(=C(\O)c2cccc(OC(C)C)c2)C1c1ccco1. The summed E-state index contributed by atoms with van der Waals surface area (Å²) in [6, 6.07) is 9.32. The van der Waals surface area contributed by atoms with Gasteiger partial charge in [0, 0.05) is 12.1 Å². The molecular weight excluding hydrogens is 386 g/mol. The number of Topliss-reactive ketones (excluding diaryl/α,β-unsaturated/α-hetero) is 1. The molecule has 1 saturated heterocycles. The van der Waals surface area contributed by atoms with E-state index in [2.05, 4.69) is 0 Å². The van der Waals surface area contributed by atoms with Gasteiger partial charge in [-0.2, -0.15) is 0 Å². The lowest BCUT2D eigenvalue weighted by Crippen LogP contribution is -2.33. The van der Waals surface area contributed by atoms with Gasteiger partial charge in [-0.15, -0.1) is 0 Å². The first-order valence-electron chi connectivity index (χ1n) is 10.00. The Morgan fingerprint density at radius 1 is 1.13 bits per heavy atom. The van der Waals surface area contributed by atoms with Crippen molar-refractivity contribution in [3.8, 4) is 5.75 Å². The van der Waals surface area contributed by atoms with Crippen molar-refractivity contribution < 1.29 is 28.6 Å². The molecule has 1 unspecified atom stereocenters. The number of carbonyl (C=O) groups excluding carboxylic acids is 2. The highest BCUT2D eigenvalue weighted by Crippen LogP contribution is 2.39. The molecule has 0 radical (unpaired) electrons. The van der Waals surface area contributed by atoms with Crippen LogP contribution in [0.2, 0.25) is 0 Å². The molecule has 1 aliphatic rings. The van der Waals surface area contributed by atoms with E-state index in [0.717, 1.165) is 0 Å². The van der Waals surface area contributed by atoms with E-state index in [-0.39, 0.29) is 36.7 Å². The van der Waals surface area contributed by atoms with Gasteiger partial charge in [0.25, 0.3) is 11.7 Å². The van der Waals surface area contributed by atoms with Crippen molar-refractivity contribution in [3.05, 3.63) is 59.6 Å². The molecule has 2 aromatic rings. The minimum Gasteiger partial charge on any atom is -0.507 e. The minimum atomic E-state index is -0.828. The lowest BCUT2D eigenvalue weighted by Gasteiger charge is -2.23. The van der Waals surface area contributed by atoms with E-state index in [9.17, 15) is 14.7 Å². The van der Waals surface area contributed by atoms with E-state index in [1.165, 1.54) is 11.2 Å². The van der Waals surface area contributed by atoms with Gasteiger partial charge in [0.05, 0.1) is 30.7 Å². The number of rotatable bonds is 8. The van der Waals surface area contributed by atoms with Crippen LogP contribution < -0.4 is 4.74 Å². The van der Waals surface area contributed by atoms with Crippen LogP contribution >= 0.6 is 0 Å². The maximum atomic E-state index is 12.9. The summed E-state index contributed by atoms with van der Waals surface area (Å²) in [5.74, 6) is -0.761. The molecule has 7 heteroatoms. The Balaban J connectivity index is 2.02. The van der Waals surface area contributed by atoms with E-state index in [0.29, 0.717) is 17.1 Å². The molecule has 0 aliphatic carbocycles. The number of carbonyl (C=O) groups is 2. The lowest BCUT2D eigenvalue weighted by atomic mass is 9.99. The second kappa shape index (κ2) is 9.17. The molecule has 1 atom stereocenters. The summed E-state index contributed by atoms with van der Waals surface area (Å²) in [4.78, 5) is 27.0. The number of amides is 1. The molecule has 0 bridgehead atoms. The number of hydrogen-bond acceptors (Lipinski definition) is 6. The standard InChI is InChI=1S/C23H27NO6/c1-14(2)28-12-10-24-20(18-9-6-11-29-18)19(22(26)23(24)27)21(25)16-7-5-8-17(13-16)30-15(3)4/h5-9,11,13-15,20,25H,10,12H2,1-4H3/b21-19-. The molecule has 7 nitrogen and oxygen atoms in total. The number of benzene rings is 1. The zero-order valence-electron chi connectivity index (χ0n) is 17.6. The average Bonchev–Trinajstić information content (AvgIpc) is 3.29. The van der Waals surface area contributed by atoms with Crippen LogP contribution in [0.15, 0.2) is 52.7 Å². The van der Waals surface area contributed by atoms with Crippen molar-refractivity contribution in [2.75, 3.05) is 13.2 Å². The number of hydrogen-bond donors (Lipinski definition) is 1. The molecule has 2 heterocycles. The molecular formula is C23H27NO6. The minimum absolute atomic E-state index is 0.00687. The van der Waals surface area contributed by atoms with Gasteiger partial charge in [-0.3, -0.25) is 9.59 Å². The summed E-state index contributed by atoms with van der Waals surface area (Å²) >= 11 is 0. The predicted molar refractivity (Wildman–Crippen MR) is 111 cm³/mol. The van der Waals surface area contributed by atoms with Crippen LogP contribution in [0.1, 0.15) is 45.1 Å². The Labute approximate surface area is 175 Å². The van der Waals surface area contributed by atoms with E-state index in [1.807, 2.05) is 27.7 Å². The Kier molecular flexibility index (Phi) is 6.62. The van der Waals surface area contributed by atoms with Crippen LogP contribution in [0.4, 0.5) is 0 Å². The third kappa shape index (κ3) is 4.57. The number of furan rings is 1. The quantitative estimate of drug-likeness (QED) is 0.401. The van der Waals surface area contributed by atoms with Crippen molar-refractivity contribution in [2.24, 2.45) is 0 Å². The van der Waals surface area contributed by atoms with Crippen molar-refractivity contribution in [3.63, 3.8) is 0 Å². The van der Waals surface area contributed by atoms with Gasteiger partial charge in [0.2, 0.25) is 0 Å². The highest BCUT2D eigenvalue weighted by Gasteiger charge is 2.47. The fourth-order valence-corrected chi connectivity index (χ4v) is 3.38. The Bertz CT molecular complexity index is 929. The van der Waals surface area contributed by atoms with Crippen LogP contribution in [-0.4, -0.2) is 47.1 Å². The largest absolute Gasteiger partial charge is 0.507 e. The molecule has 0 spiro atoms. The number of ketones is 1. The molecule has 30 heavy (non-hydrogen) atoms. The number of aliphatic hydroxyl groups excluding tert-OH is 1. The van der Waals surface area contributed by atoms with Gasteiger partial charge in [-0.25, -0.2) is 0 Å². The summed E-state index contributed by atoms with van der Waals surface area (Å²) in [5, 5.41) is 11.0. The van der Waals surface area contributed by atoms with E-state index < -0.39 is 17.7 Å². The summed E-state index contributed by atoms with van der Waals surface area (Å²) in [6.07, 6.45) is 1.42. The highest BCUT2D eigenvalue weighted by atomic mass is 16.5. The predicted octanol–water partition coefficient (Wildman–Crippen LogP) is 3.91. The molecule has 160 valence electrons. The first kappa shape index (κ1) is 21.6. The van der Waals surface area contributed by atoms with E-state index >= 15 is 0 Å². The molecule has 3 rings (SSSR count). The van der Waals surface area contributed by atoms with Crippen molar-refractivity contribution >= 4 is 17.4 Å². The number of likely N-dealkylation sites (tertiary alicyclic amines) is 1. The summed E-state index contributed by atoms with van der Waals surface area (Å²) < 4.78 is 16.7. The highest BCUT2D eigenvalue weighted by molar-refractivity contribution is 6.46. The smallest absolute Gasteiger partial charge is 0.295 e. The summed E-state index contributed by atoms with van der Waals surface area (Å²) in [7, 11) is 0. The molecule has 1 aromatic heterocycles. The number of nitrogens with zero attached hydrogens (tertiary/aromatic N) is 1. The van der Waals surface area contributed by atoms with Crippen LogP contribution in [0, 0.1) is 0 Å². The monoisotopic (exact) mass is 413 g/mol. The Morgan fingerprint density at radius 3 is 2.53 bits per heavy atom. The maximum absolute atomic E-state index is 12.9. The second-order valence-corrected chi connectivity index (χ2v) is 7.62. The number of ether oxygens (including phenoxy) is 2. The zero-order chi connectivity index (χ0) is 21.8. The first-order valence-corrected chi connectivity index (χ1v) is 10.00. The van der Waals surface area contributed by atoms with Gasteiger partial charge in [-0.05, 0) is 52.0 Å². The van der Waals surface area contributed by atoms with E-state index in [1.54, 1.807) is 36.4 Å². The maximum Gasteiger partial charge on any atom is 0.295 e. The molecule has 1 N–H and O–H groups in total. The van der Waals surface area contributed by atoms with E-state index in [4.69, 9.17) is 13.9 Å². The fourth-order valence-electron chi connectivity index (χ4n) is 3.38. The van der Waals surface area contributed by atoms with Gasteiger partial charge < -0.3 is 23.9 Å². The van der Waals surface area contributed by atoms with Gasteiger partial charge in [0.1, 0.15) is 23.3 Å². The van der Waals surface area contributed by atoms with Crippen LogP contribution in [0.5, 0.6) is 5.75 Å². The molecule has 0 saturated carbocycles.